The van der Waals surface area contributed by atoms with E-state index in [1.54, 1.807) is 32.2 Å². The number of anilines is 2. The molecule has 0 fully saturated rings. The van der Waals surface area contributed by atoms with Crippen LogP contribution in [0.5, 0.6) is 5.75 Å². The molecule has 1 amide bonds. The van der Waals surface area contributed by atoms with Gasteiger partial charge in [-0.15, -0.1) is 0 Å². The van der Waals surface area contributed by atoms with Gasteiger partial charge in [-0.2, -0.15) is 5.10 Å². The quantitative estimate of drug-likeness (QED) is 0.846. The van der Waals surface area contributed by atoms with Crippen molar-refractivity contribution in [2.75, 3.05) is 18.2 Å². The van der Waals surface area contributed by atoms with Gasteiger partial charge in [0.15, 0.2) is 0 Å². The minimum absolute atomic E-state index is 0.0734. The summed E-state index contributed by atoms with van der Waals surface area (Å²) < 4.78 is 6.57. The van der Waals surface area contributed by atoms with E-state index in [4.69, 9.17) is 22.1 Å². The first-order chi connectivity index (χ1) is 9.51. The topological polar surface area (TPSA) is 82.2 Å². The zero-order valence-corrected chi connectivity index (χ0v) is 11.9. The number of nitrogens with zero attached hydrogens (tertiary/aromatic N) is 2. The van der Waals surface area contributed by atoms with Crippen LogP contribution in [-0.4, -0.2) is 22.8 Å². The number of benzene rings is 1. The number of methoxy groups -OCH3 is 1. The summed E-state index contributed by atoms with van der Waals surface area (Å²) in [5.74, 6) is 0.403. The van der Waals surface area contributed by atoms with E-state index >= 15 is 0 Å². The Hall–Kier alpha value is -2.21. The van der Waals surface area contributed by atoms with Crippen molar-refractivity contribution in [1.82, 2.24) is 9.78 Å². The average molecular weight is 295 g/mol. The third-order valence-corrected chi connectivity index (χ3v) is 3.24. The maximum Gasteiger partial charge on any atom is 0.246 e. The Kier molecular flexibility index (Phi) is 4.14. The Balaban J connectivity index is 2.06. The number of carbonyl (C=O) groups excluding carboxylic acids is 1. The number of hydrogen-bond donors (Lipinski definition) is 2. The fourth-order valence-electron chi connectivity index (χ4n) is 1.69. The number of ether oxygens (including phenoxy) is 1. The van der Waals surface area contributed by atoms with Crippen LogP contribution in [0.4, 0.5) is 11.4 Å². The molecule has 0 saturated heterocycles. The van der Waals surface area contributed by atoms with Gasteiger partial charge in [-0.25, -0.2) is 0 Å². The maximum atomic E-state index is 11.9. The molecule has 106 valence electrons. The van der Waals surface area contributed by atoms with Crippen LogP contribution in [0, 0.1) is 6.92 Å². The summed E-state index contributed by atoms with van der Waals surface area (Å²) in [6.45, 7) is 1.87. The second-order valence-electron chi connectivity index (χ2n) is 4.24. The summed E-state index contributed by atoms with van der Waals surface area (Å²) in [6, 6.07) is 5.06. The number of amides is 1. The number of carbonyl (C=O) groups is 1. The smallest absolute Gasteiger partial charge is 0.246 e. The van der Waals surface area contributed by atoms with Gasteiger partial charge < -0.3 is 15.8 Å². The average Bonchev–Trinajstić information content (AvgIpc) is 2.73. The summed E-state index contributed by atoms with van der Waals surface area (Å²) in [5.41, 5.74) is 7.55. The van der Waals surface area contributed by atoms with Crippen molar-refractivity contribution in [2.45, 2.75) is 13.5 Å². The zero-order valence-electron chi connectivity index (χ0n) is 11.2. The van der Waals surface area contributed by atoms with Crippen LogP contribution in [0.2, 0.25) is 5.02 Å². The van der Waals surface area contributed by atoms with Gasteiger partial charge in [0.25, 0.3) is 0 Å². The SMILES string of the molecule is COc1ccc(NC(=O)Cn2ncc(Cl)c2C)c(N)c1. The molecule has 7 heteroatoms. The van der Waals surface area contributed by atoms with Crippen LogP contribution in [0.1, 0.15) is 5.69 Å². The van der Waals surface area contributed by atoms with Gasteiger partial charge in [0.1, 0.15) is 12.3 Å². The number of halogens is 1. The minimum Gasteiger partial charge on any atom is -0.497 e. The van der Waals surface area contributed by atoms with Gasteiger partial charge in [0.2, 0.25) is 5.91 Å². The number of aromatic nitrogens is 2. The Morgan fingerprint density at radius 1 is 1.55 bits per heavy atom. The van der Waals surface area contributed by atoms with Crippen LogP contribution >= 0.6 is 11.6 Å². The molecule has 20 heavy (non-hydrogen) atoms. The molecular weight excluding hydrogens is 280 g/mol. The Labute approximate surface area is 121 Å². The second kappa shape index (κ2) is 5.83. The van der Waals surface area contributed by atoms with Crippen LogP contribution in [0.15, 0.2) is 24.4 Å². The summed E-state index contributed by atoms with van der Waals surface area (Å²) in [5, 5.41) is 7.27. The van der Waals surface area contributed by atoms with Crippen molar-refractivity contribution >= 4 is 28.9 Å². The number of nitrogens with two attached hydrogens (primary N) is 1. The summed E-state index contributed by atoms with van der Waals surface area (Å²) in [6.07, 6.45) is 1.51. The summed E-state index contributed by atoms with van der Waals surface area (Å²) in [4.78, 5) is 11.9. The largest absolute Gasteiger partial charge is 0.497 e. The molecule has 0 unspecified atom stereocenters. The summed E-state index contributed by atoms with van der Waals surface area (Å²) >= 11 is 5.88. The molecule has 1 aromatic carbocycles. The van der Waals surface area contributed by atoms with E-state index in [0.29, 0.717) is 22.1 Å². The molecule has 0 aliphatic carbocycles. The van der Waals surface area contributed by atoms with Crippen molar-refractivity contribution in [1.29, 1.82) is 0 Å². The van der Waals surface area contributed by atoms with Gasteiger partial charge in [0, 0.05) is 6.07 Å². The highest BCUT2D eigenvalue weighted by Gasteiger charge is 2.10. The molecule has 0 aliphatic rings. The van der Waals surface area contributed by atoms with Gasteiger partial charge in [-0.05, 0) is 19.1 Å². The number of rotatable bonds is 4. The molecule has 6 nitrogen and oxygen atoms in total. The van der Waals surface area contributed by atoms with Crippen molar-refractivity contribution < 1.29 is 9.53 Å². The molecular formula is C13H15ClN4O2. The predicted molar refractivity (Wildman–Crippen MR) is 78.0 cm³/mol. The number of hydrogen-bond acceptors (Lipinski definition) is 4. The molecule has 0 saturated carbocycles. The Morgan fingerprint density at radius 3 is 2.85 bits per heavy atom. The van der Waals surface area contributed by atoms with Crippen molar-refractivity contribution in [3.05, 3.63) is 35.1 Å². The molecule has 0 radical (unpaired) electrons. The molecule has 3 N–H and O–H groups in total. The maximum absolute atomic E-state index is 11.9. The monoisotopic (exact) mass is 294 g/mol. The molecule has 0 spiro atoms. The highest BCUT2D eigenvalue weighted by Crippen LogP contribution is 2.24. The lowest BCUT2D eigenvalue weighted by Gasteiger charge is -2.10. The third-order valence-electron chi connectivity index (χ3n) is 2.87. The molecule has 2 rings (SSSR count). The molecule has 0 bridgehead atoms. The van der Waals surface area contributed by atoms with Crippen LogP contribution in [0.3, 0.4) is 0 Å². The number of nitrogens with one attached hydrogen (secondary N) is 1. The molecule has 2 aromatic rings. The van der Waals surface area contributed by atoms with Gasteiger partial charge in [-0.1, -0.05) is 11.6 Å². The lowest BCUT2D eigenvalue weighted by atomic mass is 10.2. The fraction of sp³-hybridized carbons (Fsp3) is 0.231. The van der Waals surface area contributed by atoms with Crippen LogP contribution < -0.4 is 15.8 Å². The van der Waals surface area contributed by atoms with Gasteiger partial charge in [0.05, 0.1) is 35.4 Å². The highest BCUT2D eigenvalue weighted by molar-refractivity contribution is 6.31. The van der Waals surface area contributed by atoms with Crippen molar-refractivity contribution in [3.8, 4) is 5.75 Å². The predicted octanol–water partition coefficient (Wildman–Crippen LogP) is 2.07. The van der Waals surface area contributed by atoms with Crippen molar-refractivity contribution in [3.63, 3.8) is 0 Å². The van der Waals surface area contributed by atoms with E-state index in [0.717, 1.165) is 5.69 Å². The molecule has 1 aromatic heterocycles. The highest BCUT2D eigenvalue weighted by atomic mass is 35.5. The van der Waals surface area contributed by atoms with E-state index in [-0.39, 0.29) is 12.5 Å². The van der Waals surface area contributed by atoms with Crippen molar-refractivity contribution in [2.24, 2.45) is 0 Å². The number of nitrogen functional groups attached to an aromatic ring is 1. The summed E-state index contributed by atoms with van der Waals surface area (Å²) in [7, 11) is 1.55. The standard InChI is InChI=1S/C13H15ClN4O2/c1-8-10(14)6-16-18(8)7-13(19)17-12-4-3-9(20-2)5-11(12)15/h3-6H,7,15H2,1-2H3,(H,17,19). The van der Waals surface area contributed by atoms with E-state index < -0.39 is 0 Å². The normalized spacial score (nSPS) is 10.3. The van der Waals surface area contributed by atoms with Gasteiger partial charge >= 0.3 is 0 Å². The first kappa shape index (κ1) is 14.2. The molecule has 0 aliphatic heterocycles. The van der Waals surface area contributed by atoms with E-state index in [1.807, 2.05) is 0 Å². The minimum atomic E-state index is -0.232. The first-order valence-corrected chi connectivity index (χ1v) is 6.30. The van der Waals surface area contributed by atoms with Crippen LogP contribution in [0.25, 0.3) is 0 Å². The van der Waals surface area contributed by atoms with E-state index in [2.05, 4.69) is 10.4 Å². The third kappa shape index (κ3) is 3.03. The van der Waals surface area contributed by atoms with Gasteiger partial charge in [-0.3, -0.25) is 9.48 Å². The zero-order chi connectivity index (χ0) is 14.7. The second-order valence-corrected chi connectivity index (χ2v) is 4.64. The van der Waals surface area contributed by atoms with Crippen LogP contribution in [-0.2, 0) is 11.3 Å². The molecule has 0 atom stereocenters. The lowest BCUT2D eigenvalue weighted by molar-refractivity contribution is -0.116. The lowest BCUT2D eigenvalue weighted by Crippen LogP contribution is -2.20. The molecule has 1 heterocycles. The fourth-order valence-corrected chi connectivity index (χ4v) is 1.83. The van der Waals surface area contributed by atoms with E-state index in [1.165, 1.54) is 10.9 Å². The van der Waals surface area contributed by atoms with E-state index in [9.17, 15) is 4.79 Å². The Morgan fingerprint density at radius 2 is 2.30 bits per heavy atom. The Bertz CT molecular complexity index is 639. The first-order valence-electron chi connectivity index (χ1n) is 5.92.